The van der Waals surface area contributed by atoms with Crippen LogP contribution < -0.4 is 0 Å². The topological polar surface area (TPSA) is 63.7 Å². The van der Waals surface area contributed by atoms with Crippen LogP contribution in [0, 0.1) is 0 Å². The van der Waals surface area contributed by atoms with Crippen molar-refractivity contribution in [1.82, 2.24) is 4.90 Å². The van der Waals surface area contributed by atoms with Gasteiger partial charge in [0.25, 0.3) is 0 Å². The molecule has 0 atom stereocenters. The highest BCUT2D eigenvalue weighted by Crippen LogP contribution is 2.24. The van der Waals surface area contributed by atoms with E-state index in [2.05, 4.69) is 4.18 Å². The number of hydrogen-bond acceptors (Lipinski definition) is 4. The Balaban J connectivity index is 2.27. The molecule has 1 fully saturated rings. The van der Waals surface area contributed by atoms with E-state index < -0.39 is 22.2 Å². The van der Waals surface area contributed by atoms with E-state index >= 15 is 0 Å². The quantitative estimate of drug-likeness (QED) is 0.424. The highest BCUT2D eigenvalue weighted by atomic mass is 32.2. The summed E-state index contributed by atoms with van der Waals surface area (Å²) < 4.78 is 60.3. The third kappa shape index (κ3) is 3.84. The second-order valence-electron chi connectivity index (χ2n) is 3.56. The number of likely N-dealkylation sites (tertiary alicyclic amines) is 1. The molecule has 1 aliphatic heterocycles. The largest absolute Gasteiger partial charge is 0.523 e. The van der Waals surface area contributed by atoms with Crippen LogP contribution in [0.5, 0.6) is 0 Å². The highest BCUT2D eigenvalue weighted by molar-refractivity contribution is 7.87. The average molecular weight is 275 g/mol. The molecular weight excluding hydrogens is 263 g/mol. The van der Waals surface area contributed by atoms with Gasteiger partial charge in [-0.2, -0.15) is 21.6 Å². The molecule has 1 saturated heterocycles. The predicted octanol–water partition coefficient (Wildman–Crippen LogP) is 0.865. The van der Waals surface area contributed by atoms with Gasteiger partial charge in [-0.05, 0) is 12.8 Å². The number of hydrogen-bond donors (Lipinski definition) is 0. The fourth-order valence-electron chi connectivity index (χ4n) is 1.43. The van der Waals surface area contributed by atoms with Crippen LogP contribution in [0.1, 0.15) is 19.3 Å². The zero-order chi connectivity index (χ0) is 13.1. The molecule has 0 N–H and O–H groups in total. The van der Waals surface area contributed by atoms with Gasteiger partial charge in [0.15, 0.2) is 0 Å². The van der Waals surface area contributed by atoms with Crippen LogP contribution in [0.4, 0.5) is 13.2 Å². The maximum Gasteiger partial charge on any atom is 0.523 e. The van der Waals surface area contributed by atoms with Crippen LogP contribution in [-0.4, -0.2) is 44.4 Å². The van der Waals surface area contributed by atoms with Crippen molar-refractivity contribution in [1.29, 1.82) is 0 Å². The summed E-state index contributed by atoms with van der Waals surface area (Å²) in [5.41, 5.74) is -5.39. The number of nitrogens with zero attached hydrogens (tertiary/aromatic N) is 1. The first kappa shape index (κ1) is 14.2. The Kier molecular flexibility index (Phi) is 4.36. The van der Waals surface area contributed by atoms with Crippen molar-refractivity contribution in [3.63, 3.8) is 0 Å². The molecule has 1 amide bonds. The van der Waals surface area contributed by atoms with Crippen molar-refractivity contribution in [3.8, 4) is 0 Å². The number of amides is 1. The average Bonchev–Trinajstić information content (AvgIpc) is 2.57. The Hall–Kier alpha value is -0.830. The third-order valence-electron chi connectivity index (χ3n) is 2.27. The second kappa shape index (κ2) is 5.21. The Morgan fingerprint density at radius 3 is 2.47 bits per heavy atom. The molecule has 9 heteroatoms. The fraction of sp³-hybridized carbons (Fsp3) is 0.875. The summed E-state index contributed by atoms with van der Waals surface area (Å²) in [4.78, 5) is 12.6. The van der Waals surface area contributed by atoms with E-state index in [0.29, 0.717) is 13.0 Å². The van der Waals surface area contributed by atoms with Crippen molar-refractivity contribution in [3.05, 3.63) is 0 Å². The molecule has 0 saturated carbocycles. The minimum Gasteiger partial charge on any atom is -0.343 e. The molecule has 0 aromatic carbocycles. The van der Waals surface area contributed by atoms with E-state index in [4.69, 9.17) is 0 Å². The smallest absolute Gasteiger partial charge is 0.343 e. The van der Waals surface area contributed by atoms with Crippen molar-refractivity contribution >= 4 is 16.0 Å². The first-order chi connectivity index (χ1) is 7.74. The molecule has 5 nitrogen and oxygen atoms in total. The molecule has 1 rings (SSSR count). The first-order valence-corrected chi connectivity index (χ1v) is 6.38. The van der Waals surface area contributed by atoms with Gasteiger partial charge in [-0.15, -0.1) is 0 Å². The normalized spacial score (nSPS) is 17.8. The molecule has 1 heterocycles. The maximum atomic E-state index is 11.8. The third-order valence-corrected chi connectivity index (χ3v) is 3.31. The van der Waals surface area contributed by atoms with Crippen LogP contribution >= 0.6 is 0 Å². The van der Waals surface area contributed by atoms with Gasteiger partial charge in [0, 0.05) is 19.5 Å². The number of alkyl halides is 3. The monoisotopic (exact) mass is 275 g/mol. The molecule has 0 spiro atoms. The predicted molar refractivity (Wildman–Crippen MR) is 51.4 cm³/mol. The van der Waals surface area contributed by atoms with Gasteiger partial charge >= 0.3 is 15.6 Å². The van der Waals surface area contributed by atoms with Crippen LogP contribution in [0.2, 0.25) is 0 Å². The lowest BCUT2D eigenvalue weighted by molar-refractivity contribution is -0.127. The molecule has 0 aromatic rings. The van der Waals surface area contributed by atoms with E-state index in [0.717, 1.165) is 6.42 Å². The van der Waals surface area contributed by atoms with Gasteiger partial charge in [-0.3, -0.25) is 8.98 Å². The Bertz CT molecular complexity index is 379. The fourth-order valence-corrected chi connectivity index (χ4v) is 1.90. The molecule has 0 radical (unpaired) electrons. The van der Waals surface area contributed by atoms with E-state index in [9.17, 15) is 26.4 Å². The van der Waals surface area contributed by atoms with Crippen LogP contribution in [0.15, 0.2) is 0 Å². The summed E-state index contributed by atoms with van der Waals surface area (Å²) in [6, 6.07) is 0. The van der Waals surface area contributed by atoms with Crippen LogP contribution in [-0.2, 0) is 19.1 Å². The van der Waals surface area contributed by atoms with Crippen molar-refractivity contribution in [2.75, 3.05) is 19.7 Å². The Morgan fingerprint density at radius 2 is 2.00 bits per heavy atom. The first-order valence-electron chi connectivity index (χ1n) is 4.97. The number of carbonyl (C=O) groups is 1. The molecule has 0 aromatic heterocycles. The number of rotatable bonds is 5. The minimum absolute atomic E-state index is 0.0566. The van der Waals surface area contributed by atoms with E-state index in [1.165, 1.54) is 4.90 Å². The van der Waals surface area contributed by atoms with Gasteiger partial charge in [0.05, 0.1) is 6.61 Å². The van der Waals surface area contributed by atoms with Crippen LogP contribution in [0.3, 0.4) is 0 Å². The number of halogens is 3. The second-order valence-corrected chi connectivity index (χ2v) is 5.17. The van der Waals surface area contributed by atoms with E-state index in [-0.39, 0.29) is 18.9 Å². The Labute approximate surface area is 96.7 Å². The lowest BCUT2D eigenvalue weighted by Crippen LogP contribution is -2.29. The standard InChI is InChI=1S/C8H12F3NO4S/c9-8(10,11)17(14,15)16-6-2-5-12-4-1-3-7(12)13/h1-6H2. The van der Waals surface area contributed by atoms with E-state index in [1.54, 1.807) is 0 Å². The summed E-state index contributed by atoms with van der Waals surface area (Å²) in [5.74, 6) is -0.0660. The maximum absolute atomic E-state index is 11.8. The molecule has 17 heavy (non-hydrogen) atoms. The molecule has 1 aliphatic rings. The van der Waals surface area contributed by atoms with Crippen molar-refractivity contribution in [2.24, 2.45) is 0 Å². The van der Waals surface area contributed by atoms with Gasteiger partial charge < -0.3 is 4.90 Å². The summed E-state index contributed by atoms with van der Waals surface area (Å²) in [5, 5.41) is 0. The van der Waals surface area contributed by atoms with Gasteiger partial charge in [0.1, 0.15) is 0 Å². The molecular formula is C8H12F3NO4S. The highest BCUT2D eigenvalue weighted by Gasteiger charge is 2.47. The lowest BCUT2D eigenvalue weighted by atomic mass is 10.4. The lowest BCUT2D eigenvalue weighted by Gasteiger charge is -2.15. The van der Waals surface area contributed by atoms with Crippen molar-refractivity contribution in [2.45, 2.75) is 24.8 Å². The van der Waals surface area contributed by atoms with Crippen molar-refractivity contribution < 1.29 is 30.6 Å². The molecule has 100 valence electrons. The van der Waals surface area contributed by atoms with Crippen LogP contribution in [0.25, 0.3) is 0 Å². The minimum atomic E-state index is -5.51. The molecule has 0 bridgehead atoms. The summed E-state index contributed by atoms with van der Waals surface area (Å²) in [6.07, 6.45) is 1.21. The van der Waals surface area contributed by atoms with E-state index in [1.807, 2.05) is 0 Å². The van der Waals surface area contributed by atoms with Gasteiger partial charge in [-0.1, -0.05) is 0 Å². The molecule has 0 aliphatic carbocycles. The van der Waals surface area contributed by atoms with Gasteiger partial charge in [-0.25, -0.2) is 0 Å². The Morgan fingerprint density at radius 1 is 1.35 bits per heavy atom. The van der Waals surface area contributed by atoms with Gasteiger partial charge in [0.2, 0.25) is 5.91 Å². The summed E-state index contributed by atoms with van der Waals surface area (Å²) in [6.45, 7) is 0.197. The zero-order valence-corrected chi connectivity index (χ0v) is 9.68. The zero-order valence-electron chi connectivity index (χ0n) is 8.86. The SMILES string of the molecule is O=C1CCCN1CCCOS(=O)(=O)C(F)(F)F. The summed E-state index contributed by atoms with van der Waals surface area (Å²) in [7, 11) is -5.51. The number of carbonyl (C=O) groups excluding carboxylic acids is 1. The molecule has 0 unspecified atom stereocenters. The summed E-state index contributed by atoms with van der Waals surface area (Å²) >= 11 is 0.